The maximum absolute atomic E-state index is 14.9. The summed E-state index contributed by atoms with van der Waals surface area (Å²) in [6.07, 6.45) is 2.10. The topological polar surface area (TPSA) is 93.1 Å². The zero-order valence-corrected chi connectivity index (χ0v) is 19.0. The number of ether oxygens (including phenoxy) is 2. The van der Waals surface area contributed by atoms with E-state index in [-0.39, 0.29) is 29.1 Å². The van der Waals surface area contributed by atoms with Crippen LogP contribution in [-0.4, -0.2) is 36.4 Å². The molecule has 0 aromatic heterocycles. The van der Waals surface area contributed by atoms with E-state index in [9.17, 15) is 9.65 Å². The van der Waals surface area contributed by atoms with Gasteiger partial charge in [-0.3, -0.25) is 0 Å². The van der Waals surface area contributed by atoms with Crippen LogP contribution in [0, 0.1) is 23.1 Å². The van der Waals surface area contributed by atoms with Crippen molar-refractivity contribution in [3.8, 4) is 22.9 Å². The summed E-state index contributed by atoms with van der Waals surface area (Å²) in [5.74, 6) is 0.634. The Hall–Kier alpha value is -3.15. The molecular weight excluding hydrogens is 423 g/mol. The summed E-state index contributed by atoms with van der Waals surface area (Å²) in [6.45, 7) is 4.87. The molecular formula is C25H27FN4O3. The van der Waals surface area contributed by atoms with Crippen LogP contribution in [0.25, 0.3) is 11.1 Å². The van der Waals surface area contributed by atoms with E-state index in [1.165, 1.54) is 11.1 Å². The number of halogens is 1. The SMILES string of the molecule is CN1OC2(C[C@H](C3CCOC(C)(C)C3)Oc3ccc(-c4cccc(C#N)c4F)cc32)N=C1N. The monoisotopic (exact) mass is 450 g/mol. The minimum Gasteiger partial charge on any atom is -0.489 e. The summed E-state index contributed by atoms with van der Waals surface area (Å²) in [5.41, 5.74) is 6.48. The molecule has 0 bridgehead atoms. The Labute approximate surface area is 192 Å². The second kappa shape index (κ2) is 7.72. The number of nitrogens with two attached hydrogens (primary N) is 1. The molecule has 3 heterocycles. The molecule has 3 aliphatic heterocycles. The maximum Gasteiger partial charge on any atom is 0.221 e. The Balaban J connectivity index is 1.58. The third-order valence-electron chi connectivity index (χ3n) is 6.75. The van der Waals surface area contributed by atoms with Crippen molar-refractivity contribution >= 4 is 5.96 Å². The molecule has 172 valence electrons. The van der Waals surface area contributed by atoms with Gasteiger partial charge in [0.2, 0.25) is 11.7 Å². The molecule has 2 unspecified atom stereocenters. The fourth-order valence-electron chi connectivity index (χ4n) is 5.13. The van der Waals surface area contributed by atoms with E-state index in [2.05, 4.69) is 13.8 Å². The van der Waals surface area contributed by atoms with Crippen LogP contribution in [-0.2, 0) is 15.3 Å². The van der Waals surface area contributed by atoms with Gasteiger partial charge in [-0.1, -0.05) is 18.2 Å². The van der Waals surface area contributed by atoms with E-state index in [4.69, 9.17) is 25.0 Å². The standard InChI is InChI=1S/C25H27FN4O3/c1-24(2)12-16(9-10-31-24)21-13-25(29-23(28)30(3)33-25)19-11-15(7-8-20(19)32-21)18-6-4-5-17(14-27)22(18)26/h4-8,11,16,21H,9-10,12-13H2,1-3H3,(H2,28,29)/t16?,21-,25?/m1/s1. The van der Waals surface area contributed by atoms with Crippen molar-refractivity contribution in [2.45, 2.75) is 50.5 Å². The summed E-state index contributed by atoms with van der Waals surface area (Å²) in [5, 5.41) is 10.7. The van der Waals surface area contributed by atoms with Gasteiger partial charge in [-0.05, 0) is 50.5 Å². The van der Waals surface area contributed by atoms with E-state index in [0.29, 0.717) is 35.5 Å². The van der Waals surface area contributed by atoms with E-state index in [0.717, 1.165) is 12.8 Å². The molecule has 5 rings (SSSR count). The lowest BCUT2D eigenvalue weighted by molar-refractivity contribution is -0.198. The van der Waals surface area contributed by atoms with Gasteiger partial charge in [0.1, 0.15) is 23.7 Å². The van der Waals surface area contributed by atoms with Gasteiger partial charge in [-0.25, -0.2) is 19.3 Å². The summed E-state index contributed by atoms with van der Waals surface area (Å²) in [4.78, 5) is 10.9. The number of nitrogens with zero attached hydrogens (tertiary/aromatic N) is 3. The molecule has 33 heavy (non-hydrogen) atoms. The Morgan fingerprint density at radius 1 is 1.24 bits per heavy atom. The van der Waals surface area contributed by atoms with Gasteiger partial charge in [-0.2, -0.15) is 5.26 Å². The average Bonchev–Trinajstić information content (AvgIpc) is 3.06. The number of hydrogen-bond donors (Lipinski definition) is 1. The largest absolute Gasteiger partial charge is 0.489 e. The van der Waals surface area contributed by atoms with Gasteiger partial charge in [-0.15, -0.1) is 0 Å². The maximum atomic E-state index is 14.9. The number of hydroxylamine groups is 2. The van der Waals surface area contributed by atoms with Crippen molar-refractivity contribution in [1.29, 1.82) is 5.26 Å². The van der Waals surface area contributed by atoms with Crippen LogP contribution >= 0.6 is 0 Å². The Bertz CT molecular complexity index is 1170. The van der Waals surface area contributed by atoms with E-state index in [1.54, 1.807) is 25.2 Å². The van der Waals surface area contributed by atoms with Gasteiger partial charge in [0.05, 0.1) is 16.7 Å². The highest BCUT2D eigenvalue weighted by Crippen LogP contribution is 2.50. The van der Waals surface area contributed by atoms with Crippen molar-refractivity contribution in [3.05, 3.63) is 53.3 Å². The van der Waals surface area contributed by atoms with E-state index in [1.807, 2.05) is 18.2 Å². The molecule has 8 heteroatoms. The smallest absolute Gasteiger partial charge is 0.221 e. The molecule has 1 spiro atoms. The van der Waals surface area contributed by atoms with Gasteiger partial charge in [0, 0.05) is 31.6 Å². The third kappa shape index (κ3) is 3.71. The van der Waals surface area contributed by atoms with Crippen LogP contribution in [0.2, 0.25) is 0 Å². The molecule has 2 N–H and O–H groups in total. The molecule has 7 nitrogen and oxygen atoms in total. The molecule has 1 saturated heterocycles. The molecule has 1 fully saturated rings. The number of fused-ring (bicyclic) bond motifs is 2. The van der Waals surface area contributed by atoms with Crippen LogP contribution in [0.15, 0.2) is 41.4 Å². The number of benzene rings is 2. The zero-order valence-electron chi connectivity index (χ0n) is 19.0. The van der Waals surface area contributed by atoms with Crippen LogP contribution < -0.4 is 10.5 Å². The fourth-order valence-corrected chi connectivity index (χ4v) is 5.13. The van der Waals surface area contributed by atoms with Gasteiger partial charge in [0.15, 0.2) is 0 Å². The molecule has 0 amide bonds. The molecule has 2 aromatic rings. The number of rotatable bonds is 2. The first kappa shape index (κ1) is 21.7. The number of aliphatic imine (C=N–C) groups is 1. The van der Waals surface area contributed by atoms with Crippen LogP contribution in [0.5, 0.6) is 5.75 Å². The lowest BCUT2D eigenvalue weighted by Gasteiger charge is -2.44. The van der Waals surface area contributed by atoms with E-state index >= 15 is 0 Å². The molecule has 3 atom stereocenters. The van der Waals surface area contributed by atoms with Crippen molar-refractivity contribution in [3.63, 3.8) is 0 Å². The van der Waals surface area contributed by atoms with Crippen LogP contribution in [0.1, 0.15) is 44.2 Å². The highest BCUT2D eigenvalue weighted by atomic mass is 19.1. The highest BCUT2D eigenvalue weighted by Gasteiger charge is 2.51. The molecule has 0 aliphatic carbocycles. The number of hydrogen-bond acceptors (Lipinski definition) is 7. The minimum absolute atomic E-state index is 0.00232. The lowest BCUT2D eigenvalue weighted by atomic mass is 9.79. The first-order valence-electron chi connectivity index (χ1n) is 11.1. The average molecular weight is 451 g/mol. The second-order valence-electron chi connectivity index (χ2n) is 9.55. The Morgan fingerprint density at radius 3 is 2.76 bits per heavy atom. The van der Waals surface area contributed by atoms with Crippen molar-refractivity contribution in [2.75, 3.05) is 13.7 Å². The summed E-state index contributed by atoms with van der Waals surface area (Å²) < 4.78 is 27.3. The minimum atomic E-state index is -1.06. The van der Waals surface area contributed by atoms with Crippen LogP contribution in [0.3, 0.4) is 0 Å². The zero-order chi connectivity index (χ0) is 23.4. The molecule has 0 saturated carbocycles. The van der Waals surface area contributed by atoms with Gasteiger partial charge < -0.3 is 15.2 Å². The number of nitriles is 1. The van der Waals surface area contributed by atoms with Gasteiger partial charge in [0.25, 0.3) is 0 Å². The normalized spacial score (nSPS) is 28.1. The highest BCUT2D eigenvalue weighted by molar-refractivity contribution is 5.79. The van der Waals surface area contributed by atoms with Crippen molar-refractivity contribution in [2.24, 2.45) is 16.6 Å². The van der Waals surface area contributed by atoms with E-state index < -0.39 is 11.5 Å². The van der Waals surface area contributed by atoms with Gasteiger partial charge >= 0.3 is 0 Å². The van der Waals surface area contributed by atoms with Crippen molar-refractivity contribution < 1.29 is 18.7 Å². The third-order valence-corrected chi connectivity index (χ3v) is 6.75. The first-order chi connectivity index (χ1) is 15.7. The Morgan fingerprint density at radius 2 is 2.06 bits per heavy atom. The summed E-state index contributed by atoms with van der Waals surface area (Å²) >= 11 is 0. The Kier molecular flexibility index (Phi) is 5.07. The molecule has 2 aromatic carbocycles. The number of guanidine groups is 1. The lowest BCUT2D eigenvalue weighted by Crippen LogP contribution is -2.46. The quantitative estimate of drug-likeness (QED) is 0.742. The predicted molar refractivity (Wildman–Crippen MR) is 120 cm³/mol. The van der Waals surface area contributed by atoms with Crippen molar-refractivity contribution in [1.82, 2.24) is 5.06 Å². The second-order valence-corrected chi connectivity index (χ2v) is 9.55. The summed E-state index contributed by atoms with van der Waals surface area (Å²) in [6, 6.07) is 12.1. The molecule has 3 aliphatic rings. The molecule has 0 radical (unpaired) electrons. The van der Waals surface area contributed by atoms with Crippen LogP contribution in [0.4, 0.5) is 4.39 Å². The predicted octanol–water partition coefficient (Wildman–Crippen LogP) is 4.07. The fraction of sp³-hybridized carbons (Fsp3) is 0.440. The first-order valence-corrected chi connectivity index (χ1v) is 11.1. The summed E-state index contributed by atoms with van der Waals surface area (Å²) in [7, 11) is 1.72.